The fourth-order valence-electron chi connectivity index (χ4n) is 2.08. The van der Waals surface area contributed by atoms with Crippen LogP contribution in [-0.4, -0.2) is 44.0 Å². The minimum absolute atomic E-state index is 0.0496. The van der Waals surface area contributed by atoms with E-state index in [4.69, 9.17) is 9.84 Å². The van der Waals surface area contributed by atoms with E-state index in [-0.39, 0.29) is 18.6 Å². The Kier molecular flexibility index (Phi) is 5.76. The Bertz CT molecular complexity index is 398. The standard InChI is InChI=1S/C12H23NO5S/c1-12(2,6-3-11(14)15)13-19(16,17)8-5-10-4-7-18-9-10/h10,13H,3-9H2,1-2H3,(H,14,15). The van der Waals surface area contributed by atoms with Crippen LogP contribution < -0.4 is 4.72 Å². The molecule has 1 saturated heterocycles. The molecule has 19 heavy (non-hydrogen) atoms. The lowest BCUT2D eigenvalue weighted by Crippen LogP contribution is -2.44. The number of hydrogen-bond donors (Lipinski definition) is 2. The number of rotatable bonds is 8. The first-order valence-corrected chi connectivity index (χ1v) is 8.17. The van der Waals surface area contributed by atoms with Crippen LogP contribution in [0.5, 0.6) is 0 Å². The number of hydrogen-bond acceptors (Lipinski definition) is 4. The molecule has 7 heteroatoms. The second kappa shape index (κ2) is 6.67. The lowest BCUT2D eigenvalue weighted by atomic mass is 10.0. The number of sulfonamides is 1. The van der Waals surface area contributed by atoms with Crippen molar-refractivity contribution >= 4 is 16.0 Å². The monoisotopic (exact) mass is 293 g/mol. The van der Waals surface area contributed by atoms with Crippen molar-refractivity contribution in [3.63, 3.8) is 0 Å². The van der Waals surface area contributed by atoms with Crippen LogP contribution in [0.25, 0.3) is 0 Å². The first kappa shape index (κ1) is 16.4. The minimum atomic E-state index is -3.37. The number of carboxylic acids is 1. The van der Waals surface area contributed by atoms with Gasteiger partial charge < -0.3 is 9.84 Å². The second-order valence-corrected chi connectivity index (χ2v) is 7.56. The number of aliphatic carboxylic acids is 1. The first-order chi connectivity index (χ1) is 8.70. The van der Waals surface area contributed by atoms with E-state index >= 15 is 0 Å². The summed E-state index contributed by atoms with van der Waals surface area (Å²) in [5, 5.41) is 8.63. The third kappa shape index (κ3) is 6.89. The highest BCUT2D eigenvalue weighted by Gasteiger charge is 2.26. The van der Waals surface area contributed by atoms with Crippen molar-refractivity contribution in [2.75, 3.05) is 19.0 Å². The Morgan fingerprint density at radius 3 is 2.68 bits per heavy atom. The van der Waals surface area contributed by atoms with E-state index in [1.54, 1.807) is 13.8 Å². The van der Waals surface area contributed by atoms with Crippen LogP contribution in [0, 0.1) is 5.92 Å². The third-order valence-electron chi connectivity index (χ3n) is 3.21. The van der Waals surface area contributed by atoms with E-state index in [9.17, 15) is 13.2 Å². The highest BCUT2D eigenvalue weighted by Crippen LogP contribution is 2.18. The summed E-state index contributed by atoms with van der Waals surface area (Å²) >= 11 is 0. The summed E-state index contributed by atoms with van der Waals surface area (Å²) in [4.78, 5) is 10.5. The zero-order chi connectivity index (χ0) is 14.5. The average molecular weight is 293 g/mol. The molecule has 0 radical (unpaired) electrons. The number of nitrogens with one attached hydrogen (secondary N) is 1. The summed E-state index contributed by atoms with van der Waals surface area (Å²) in [5.74, 6) is -0.536. The van der Waals surface area contributed by atoms with Gasteiger partial charge in [0.05, 0.1) is 5.75 Å². The molecule has 1 heterocycles. The SMILES string of the molecule is CC(C)(CCC(=O)O)NS(=O)(=O)CCC1CCOC1. The number of ether oxygens (including phenoxy) is 1. The molecule has 2 N–H and O–H groups in total. The van der Waals surface area contributed by atoms with Gasteiger partial charge in [0.2, 0.25) is 10.0 Å². The molecule has 0 bridgehead atoms. The van der Waals surface area contributed by atoms with Gasteiger partial charge in [0, 0.05) is 25.2 Å². The summed E-state index contributed by atoms with van der Waals surface area (Å²) in [7, 11) is -3.37. The van der Waals surface area contributed by atoms with Crippen LogP contribution in [0.2, 0.25) is 0 Å². The Labute approximate surface area is 114 Å². The molecule has 0 saturated carbocycles. The van der Waals surface area contributed by atoms with Gasteiger partial charge in [-0.15, -0.1) is 0 Å². The molecule has 0 spiro atoms. The molecule has 0 aromatic heterocycles. The second-order valence-electron chi connectivity index (χ2n) is 5.72. The molecule has 1 atom stereocenters. The maximum Gasteiger partial charge on any atom is 0.303 e. The van der Waals surface area contributed by atoms with Crippen molar-refractivity contribution in [3.05, 3.63) is 0 Å². The minimum Gasteiger partial charge on any atom is -0.481 e. The van der Waals surface area contributed by atoms with Gasteiger partial charge >= 0.3 is 5.97 Å². The van der Waals surface area contributed by atoms with Crippen LogP contribution in [0.3, 0.4) is 0 Å². The summed E-state index contributed by atoms with van der Waals surface area (Å²) in [6.45, 7) is 4.75. The Morgan fingerprint density at radius 1 is 1.47 bits per heavy atom. The van der Waals surface area contributed by atoms with Gasteiger partial charge in [-0.05, 0) is 39.0 Å². The predicted octanol–water partition coefficient (Wildman–Crippen LogP) is 0.976. The fraction of sp³-hybridized carbons (Fsp3) is 0.917. The summed E-state index contributed by atoms with van der Waals surface area (Å²) in [6, 6.07) is 0. The van der Waals surface area contributed by atoms with Gasteiger partial charge in [0.25, 0.3) is 0 Å². The molecule has 6 nitrogen and oxygen atoms in total. The predicted molar refractivity (Wildman–Crippen MR) is 71.4 cm³/mol. The molecule has 0 aromatic rings. The van der Waals surface area contributed by atoms with E-state index in [0.29, 0.717) is 25.6 Å². The molecule has 1 rings (SSSR count). The Hall–Kier alpha value is -0.660. The van der Waals surface area contributed by atoms with Gasteiger partial charge in [0.15, 0.2) is 0 Å². The molecule has 1 aliphatic heterocycles. The van der Waals surface area contributed by atoms with Crippen molar-refractivity contribution < 1.29 is 23.1 Å². The van der Waals surface area contributed by atoms with Crippen LogP contribution in [-0.2, 0) is 19.6 Å². The Balaban J connectivity index is 2.41. The topological polar surface area (TPSA) is 92.7 Å². The van der Waals surface area contributed by atoms with Crippen molar-refractivity contribution in [1.29, 1.82) is 0 Å². The molecule has 0 amide bonds. The van der Waals surface area contributed by atoms with Crippen LogP contribution in [0.15, 0.2) is 0 Å². The number of carboxylic acid groups (broad SMARTS) is 1. The van der Waals surface area contributed by atoms with Crippen molar-refractivity contribution in [1.82, 2.24) is 4.72 Å². The maximum atomic E-state index is 11.9. The van der Waals surface area contributed by atoms with E-state index < -0.39 is 21.5 Å². The van der Waals surface area contributed by atoms with Crippen molar-refractivity contribution in [3.8, 4) is 0 Å². The quantitative estimate of drug-likeness (QED) is 0.696. The smallest absolute Gasteiger partial charge is 0.303 e. The third-order valence-corrected chi connectivity index (χ3v) is 4.85. The Morgan fingerprint density at radius 2 is 2.16 bits per heavy atom. The molecule has 1 unspecified atom stereocenters. The lowest BCUT2D eigenvalue weighted by Gasteiger charge is -2.25. The van der Waals surface area contributed by atoms with E-state index in [1.807, 2.05) is 0 Å². The fourth-order valence-corrected chi connectivity index (χ4v) is 3.76. The largest absolute Gasteiger partial charge is 0.481 e. The molecule has 112 valence electrons. The maximum absolute atomic E-state index is 11.9. The summed E-state index contributed by atoms with van der Waals surface area (Å²) in [5.41, 5.74) is -0.733. The van der Waals surface area contributed by atoms with E-state index in [0.717, 1.165) is 6.42 Å². The van der Waals surface area contributed by atoms with E-state index in [2.05, 4.69) is 4.72 Å². The summed E-state index contributed by atoms with van der Waals surface area (Å²) < 4.78 is 31.7. The molecular formula is C12H23NO5S. The van der Waals surface area contributed by atoms with Gasteiger partial charge in [-0.3, -0.25) is 4.79 Å². The molecular weight excluding hydrogens is 270 g/mol. The van der Waals surface area contributed by atoms with Crippen molar-refractivity contribution in [2.45, 2.75) is 45.1 Å². The summed E-state index contributed by atoms with van der Waals surface area (Å²) in [6.07, 6.45) is 1.72. The zero-order valence-corrected chi connectivity index (χ0v) is 12.3. The van der Waals surface area contributed by atoms with Crippen LogP contribution in [0.4, 0.5) is 0 Å². The zero-order valence-electron chi connectivity index (χ0n) is 11.5. The van der Waals surface area contributed by atoms with Crippen molar-refractivity contribution in [2.24, 2.45) is 5.92 Å². The van der Waals surface area contributed by atoms with Crippen LogP contribution >= 0.6 is 0 Å². The van der Waals surface area contributed by atoms with Gasteiger partial charge in [-0.25, -0.2) is 13.1 Å². The first-order valence-electron chi connectivity index (χ1n) is 6.51. The normalized spacial score (nSPS) is 20.6. The highest BCUT2D eigenvalue weighted by molar-refractivity contribution is 7.89. The van der Waals surface area contributed by atoms with Gasteiger partial charge in [-0.2, -0.15) is 0 Å². The molecule has 1 fully saturated rings. The highest BCUT2D eigenvalue weighted by atomic mass is 32.2. The molecule has 0 aliphatic carbocycles. The average Bonchev–Trinajstić information content (AvgIpc) is 2.75. The van der Waals surface area contributed by atoms with Gasteiger partial charge in [-0.1, -0.05) is 0 Å². The molecule has 0 aromatic carbocycles. The number of carbonyl (C=O) groups is 1. The molecule has 1 aliphatic rings. The van der Waals surface area contributed by atoms with Gasteiger partial charge in [0.1, 0.15) is 0 Å². The van der Waals surface area contributed by atoms with Crippen LogP contribution in [0.1, 0.15) is 39.5 Å². The van der Waals surface area contributed by atoms with E-state index in [1.165, 1.54) is 0 Å². The lowest BCUT2D eigenvalue weighted by molar-refractivity contribution is -0.137.